The smallest absolute Gasteiger partial charge is 0.489 e. The molecule has 3 aliphatic heterocycles. The molecule has 4 heterocycles. The molecular weight excluding hydrogens is 512 g/mol. The lowest BCUT2D eigenvalue weighted by Crippen LogP contribution is -2.41. The number of nitrogens with zero attached hydrogens (tertiary/aromatic N) is 5. The topological polar surface area (TPSA) is 72.4 Å². The van der Waals surface area contributed by atoms with Crippen LogP contribution in [0.15, 0.2) is 6.07 Å². The molecule has 9 nitrogen and oxygen atoms in total. The molecule has 0 spiro atoms. The summed E-state index contributed by atoms with van der Waals surface area (Å²) in [5, 5.41) is 1.17. The fourth-order valence-electron chi connectivity index (χ4n) is 5.07. The molecule has 0 unspecified atom stereocenters. The van der Waals surface area contributed by atoms with Crippen molar-refractivity contribution < 1.29 is 23.2 Å². The van der Waals surface area contributed by atoms with Crippen LogP contribution in [0.1, 0.15) is 34.1 Å². The highest BCUT2D eigenvalue weighted by atomic mass is 35.5. The second kappa shape index (κ2) is 10.2. The molecule has 12 heteroatoms. The Bertz CT molecular complexity index is 1190. The van der Waals surface area contributed by atoms with E-state index in [-0.39, 0.29) is 12.1 Å². The summed E-state index contributed by atoms with van der Waals surface area (Å²) in [5.41, 5.74) is 0.233. The largest absolute Gasteiger partial charge is 0.496 e. The van der Waals surface area contributed by atoms with Gasteiger partial charge in [0.25, 0.3) is 0 Å². The van der Waals surface area contributed by atoms with Crippen molar-refractivity contribution >= 4 is 40.9 Å². The van der Waals surface area contributed by atoms with Gasteiger partial charge in [-0.25, -0.2) is 4.39 Å². The number of anilines is 1. The highest BCUT2D eigenvalue weighted by Crippen LogP contribution is 2.42. The quantitative estimate of drug-likeness (QED) is 0.485. The molecule has 2 fully saturated rings. The lowest BCUT2D eigenvalue weighted by molar-refractivity contribution is 0.00578. The SMILES string of the molecule is CN(C)CCN1CCOc2c(Cl)c(B3OC(C)(C)C(C)(C)O3)cc3nc(OC[C@@H]4C[C@@H](F)CN4C)nc1c23. The van der Waals surface area contributed by atoms with Crippen molar-refractivity contribution in [3.8, 4) is 11.8 Å². The van der Waals surface area contributed by atoms with E-state index in [9.17, 15) is 4.39 Å². The molecule has 2 aromatic rings. The molecule has 0 N–H and O–H groups in total. The lowest BCUT2D eigenvalue weighted by Gasteiger charge is -2.32. The number of ether oxygens (including phenoxy) is 2. The third-order valence-electron chi connectivity index (χ3n) is 8.14. The number of likely N-dealkylation sites (tertiary alicyclic amines) is 1. The van der Waals surface area contributed by atoms with Crippen molar-refractivity contribution in [2.24, 2.45) is 0 Å². The van der Waals surface area contributed by atoms with Gasteiger partial charge < -0.3 is 28.6 Å². The molecule has 0 amide bonds. The van der Waals surface area contributed by atoms with Gasteiger partial charge in [-0.3, -0.25) is 4.90 Å². The van der Waals surface area contributed by atoms with Crippen molar-refractivity contribution in [1.29, 1.82) is 0 Å². The Labute approximate surface area is 229 Å². The Hall–Kier alpha value is -1.92. The molecule has 208 valence electrons. The van der Waals surface area contributed by atoms with Gasteiger partial charge in [0.1, 0.15) is 25.2 Å². The van der Waals surface area contributed by atoms with Crippen LogP contribution in [-0.2, 0) is 9.31 Å². The number of likely N-dealkylation sites (N-methyl/N-ethyl adjacent to an activating group) is 2. The van der Waals surface area contributed by atoms with Crippen molar-refractivity contribution in [3.63, 3.8) is 0 Å². The summed E-state index contributed by atoms with van der Waals surface area (Å²) in [5.74, 6) is 1.24. The standard InChI is InChI=1S/C26H38BClFN5O4/c1-25(2)26(3,4)38-27(37-25)18-13-19-20-22(21(18)28)35-11-10-34(9-8-32(5)6)23(20)31-24(30-19)36-15-17-12-16(29)14-33(17)7/h13,16-17H,8-12,14-15H2,1-7H3/t16-,17+/m1/s1. The van der Waals surface area contributed by atoms with Crippen LogP contribution in [0.3, 0.4) is 0 Å². The van der Waals surface area contributed by atoms with Gasteiger partial charge in [-0.1, -0.05) is 11.6 Å². The molecule has 1 aromatic carbocycles. The molecule has 3 aliphatic rings. The minimum atomic E-state index is -0.846. The monoisotopic (exact) mass is 549 g/mol. The first kappa shape index (κ1) is 27.6. The van der Waals surface area contributed by atoms with Crippen LogP contribution >= 0.6 is 11.6 Å². The van der Waals surface area contributed by atoms with Crippen molar-refractivity contribution in [3.05, 3.63) is 11.1 Å². The van der Waals surface area contributed by atoms with E-state index in [4.69, 9.17) is 40.4 Å². The average molecular weight is 550 g/mol. The van der Waals surface area contributed by atoms with E-state index < -0.39 is 24.5 Å². The van der Waals surface area contributed by atoms with Crippen LogP contribution in [0.2, 0.25) is 5.02 Å². The first-order chi connectivity index (χ1) is 17.9. The molecule has 0 aliphatic carbocycles. The molecule has 2 saturated heterocycles. The Balaban J connectivity index is 1.57. The van der Waals surface area contributed by atoms with E-state index in [1.165, 1.54) is 0 Å². The molecule has 5 rings (SSSR count). The average Bonchev–Trinajstić information content (AvgIpc) is 3.17. The van der Waals surface area contributed by atoms with Crippen LogP contribution in [0.5, 0.6) is 11.8 Å². The third-order valence-corrected chi connectivity index (χ3v) is 8.53. The summed E-state index contributed by atoms with van der Waals surface area (Å²) in [4.78, 5) is 15.9. The molecule has 2 atom stereocenters. The summed E-state index contributed by atoms with van der Waals surface area (Å²) in [6.45, 7) is 11.4. The summed E-state index contributed by atoms with van der Waals surface area (Å²) in [6, 6.07) is 2.10. The predicted octanol–water partition coefficient (Wildman–Crippen LogP) is 2.76. The number of hydrogen-bond donors (Lipinski definition) is 0. The van der Waals surface area contributed by atoms with Crippen molar-refractivity contribution in [2.75, 3.05) is 65.4 Å². The number of rotatable bonds is 7. The van der Waals surface area contributed by atoms with Gasteiger partial charge in [-0.15, -0.1) is 0 Å². The van der Waals surface area contributed by atoms with E-state index >= 15 is 0 Å². The number of alkyl halides is 1. The second-order valence-corrected chi connectivity index (χ2v) is 12.2. The zero-order chi connectivity index (χ0) is 27.4. The predicted molar refractivity (Wildman–Crippen MR) is 148 cm³/mol. The maximum absolute atomic E-state index is 13.9. The summed E-state index contributed by atoms with van der Waals surface area (Å²) < 4.78 is 38.9. The van der Waals surface area contributed by atoms with Crippen LogP contribution < -0.4 is 19.8 Å². The second-order valence-electron chi connectivity index (χ2n) is 11.8. The minimum absolute atomic E-state index is 0.0299. The normalized spacial score (nSPS) is 24.8. The highest BCUT2D eigenvalue weighted by Gasteiger charge is 2.52. The van der Waals surface area contributed by atoms with Crippen LogP contribution in [0.4, 0.5) is 10.2 Å². The van der Waals surface area contributed by atoms with Crippen molar-refractivity contribution in [2.45, 2.75) is 57.5 Å². The number of benzene rings is 1. The van der Waals surface area contributed by atoms with Gasteiger partial charge in [0.2, 0.25) is 0 Å². The van der Waals surface area contributed by atoms with E-state index in [0.29, 0.717) is 60.3 Å². The number of halogens is 2. The van der Waals surface area contributed by atoms with Gasteiger partial charge in [0.15, 0.2) is 5.75 Å². The van der Waals surface area contributed by atoms with Gasteiger partial charge in [-0.2, -0.15) is 9.97 Å². The van der Waals surface area contributed by atoms with E-state index in [1.54, 1.807) is 0 Å². The molecule has 0 saturated carbocycles. The van der Waals surface area contributed by atoms with Gasteiger partial charge >= 0.3 is 13.1 Å². The van der Waals surface area contributed by atoms with Crippen LogP contribution in [0, 0.1) is 0 Å². The van der Waals surface area contributed by atoms with Gasteiger partial charge in [0.05, 0.1) is 33.7 Å². The fraction of sp³-hybridized carbons (Fsp3) is 0.692. The lowest BCUT2D eigenvalue weighted by atomic mass is 9.78. The summed E-state index contributed by atoms with van der Waals surface area (Å²) in [6.07, 6.45) is -0.410. The van der Waals surface area contributed by atoms with E-state index in [2.05, 4.69) is 9.80 Å². The molecule has 1 aromatic heterocycles. The summed E-state index contributed by atoms with van der Waals surface area (Å²) >= 11 is 6.98. The molecule has 0 bridgehead atoms. The Morgan fingerprint density at radius 3 is 2.55 bits per heavy atom. The minimum Gasteiger partial charge on any atom is -0.489 e. The first-order valence-electron chi connectivity index (χ1n) is 13.3. The fourth-order valence-corrected chi connectivity index (χ4v) is 5.36. The van der Waals surface area contributed by atoms with E-state index in [1.807, 2.05) is 59.8 Å². The number of aromatic nitrogens is 2. The highest BCUT2D eigenvalue weighted by molar-refractivity contribution is 6.66. The maximum atomic E-state index is 13.9. The molecule has 38 heavy (non-hydrogen) atoms. The Morgan fingerprint density at radius 2 is 1.92 bits per heavy atom. The van der Waals surface area contributed by atoms with Gasteiger partial charge in [0, 0.05) is 31.1 Å². The molecular formula is C26H38BClFN5O4. The van der Waals surface area contributed by atoms with Crippen molar-refractivity contribution in [1.82, 2.24) is 19.8 Å². The Kier molecular flexibility index (Phi) is 7.45. The first-order valence-corrected chi connectivity index (χ1v) is 13.6. The van der Waals surface area contributed by atoms with E-state index in [0.717, 1.165) is 18.5 Å². The number of hydrogen-bond acceptors (Lipinski definition) is 9. The zero-order valence-electron chi connectivity index (χ0n) is 23.4. The summed E-state index contributed by atoms with van der Waals surface area (Å²) in [7, 11) is 5.31. The molecule has 0 radical (unpaired) electrons. The zero-order valence-corrected chi connectivity index (χ0v) is 24.1. The Morgan fingerprint density at radius 1 is 1.21 bits per heavy atom. The van der Waals surface area contributed by atoms with Gasteiger partial charge in [-0.05, 0) is 61.3 Å². The maximum Gasteiger partial charge on any atom is 0.496 e. The third kappa shape index (κ3) is 5.15. The van der Waals surface area contributed by atoms with Crippen LogP contribution in [-0.4, -0.2) is 111 Å². The van der Waals surface area contributed by atoms with Crippen LogP contribution in [0.25, 0.3) is 10.9 Å².